The Hall–Kier alpha value is 0.270. The van der Waals surface area contributed by atoms with Crippen LogP contribution in [0.3, 0.4) is 0 Å². The van der Waals surface area contributed by atoms with E-state index >= 15 is 0 Å². The van der Waals surface area contributed by atoms with Crippen LogP contribution in [0.25, 0.3) is 0 Å². The van der Waals surface area contributed by atoms with Crippen molar-refractivity contribution in [1.29, 1.82) is 0 Å². The fraction of sp³-hybridized carbons (Fsp3) is 1.00. The van der Waals surface area contributed by atoms with Crippen LogP contribution in [0.5, 0.6) is 0 Å². The second-order valence-corrected chi connectivity index (χ2v) is 7.26. The first-order chi connectivity index (χ1) is 8.19. The summed E-state index contributed by atoms with van der Waals surface area (Å²) in [6.07, 6.45) is 9.41. The molecule has 0 bridgehead atoms. The van der Waals surface area contributed by atoms with Gasteiger partial charge >= 0.3 is 0 Å². The number of thioether (sulfide) groups is 1. The zero-order chi connectivity index (χ0) is 12.3. The molecule has 0 aromatic rings. The Labute approximate surface area is 111 Å². The van der Waals surface area contributed by atoms with Crippen LogP contribution in [0.15, 0.2) is 0 Å². The number of hydrogen-bond acceptors (Lipinski definition) is 3. The highest BCUT2D eigenvalue weighted by atomic mass is 32.2. The number of rotatable bonds is 4. The molecule has 1 aliphatic carbocycles. The van der Waals surface area contributed by atoms with E-state index in [2.05, 4.69) is 42.2 Å². The van der Waals surface area contributed by atoms with Gasteiger partial charge in [-0.05, 0) is 45.0 Å². The van der Waals surface area contributed by atoms with Crippen LogP contribution in [0.2, 0.25) is 0 Å². The third kappa shape index (κ3) is 3.18. The molecule has 0 radical (unpaired) electrons. The highest BCUT2D eigenvalue weighted by molar-refractivity contribution is 8.00. The van der Waals surface area contributed by atoms with Crippen molar-refractivity contribution >= 4 is 11.8 Å². The van der Waals surface area contributed by atoms with Crippen LogP contribution in [0, 0.1) is 5.92 Å². The van der Waals surface area contributed by atoms with Gasteiger partial charge in [0.25, 0.3) is 0 Å². The van der Waals surface area contributed by atoms with E-state index < -0.39 is 0 Å². The van der Waals surface area contributed by atoms with Crippen molar-refractivity contribution in [2.45, 2.75) is 49.8 Å². The van der Waals surface area contributed by atoms with Crippen molar-refractivity contribution in [2.75, 3.05) is 32.9 Å². The summed E-state index contributed by atoms with van der Waals surface area (Å²) in [4.78, 5) is 2.72. The van der Waals surface area contributed by atoms with E-state index in [4.69, 9.17) is 0 Å². The van der Waals surface area contributed by atoms with Crippen molar-refractivity contribution in [3.63, 3.8) is 0 Å². The van der Waals surface area contributed by atoms with Gasteiger partial charge < -0.3 is 10.2 Å². The first-order valence-corrected chi connectivity index (χ1v) is 8.36. The van der Waals surface area contributed by atoms with Crippen LogP contribution in [0.4, 0.5) is 0 Å². The fourth-order valence-electron chi connectivity index (χ4n) is 3.66. The Morgan fingerprint density at radius 1 is 1.35 bits per heavy atom. The number of likely N-dealkylation sites (tertiary alicyclic amines) is 1. The van der Waals surface area contributed by atoms with Crippen molar-refractivity contribution in [3.8, 4) is 0 Å². The van der Waals surface area contributed by atoms with Crippen molar-refractivity contribution in [1.82, 2.24) is 10.2 Å². The molecule has 2 atom stereocenters. The number of nitrogens with zero attached hydrogens (tertiary/aromatic N) is 1. The molecule has 1 aliphatic heterocycles. The molecule has 1 saturated heterocycles. The molecular formula is C14H28N2S. The van der Waals surface area contributed by atoms with Gasteiger partial charge in [0.1, 0.15) is 0 Å². The molecular weight excluding hydrogens is 228 g/mol. The van der Waals surface area contributed by atoms with Crippen molar-refractivity contribution < 1.29 is 0 Å². The maximum Gasteiger partial charge on any atom is 0.0284 e. The monoisotopic (exact) mass is 256 g/mol. The van der Waals surface area contributed by atoms with Crippen LogP contribution in [0.1, 0.15) is 39.0 Å². The van der Waals surface area contributed by atoms with Gasteiger partial charge in [-0.2, -0.15) is 11.8 Å². The normalized spacial score (nSPS) is 34.1. The molecule has 2 fully saturated rings. The Morgan fingerprint density at radius 2 is 2.06 bits per heavy atom. The molecule has 2 nitrogen and oxygen atoms in total. The average molecular weight is 256 g/mol. The van der Waals surface area contributed by atoms with Gasteiger partial charge in [0.2, 0.25) is 0 Å². The maximum absolute atomic E-state index is 3.46. The second kappa shape index (κ2) is 5.94. The summed E-state index contributed by atoms with van der Waals surface area (Å²) in [6, 6.07) is 0.736. The summed E-state index contributed by atoms with van der Waals surface area (Å²) >= 11 is 2.12. The molecule has 2 aliphatic rings. The van der Waals surface area contributed by atoms with E-state index in [0.29, 0.717) is 4.75 Å². The van der Waals surface area contributed by atoms with E-state index in [1.807, 2.05) is 0 Å². The van der Waals surface area contributed by atoms with Gasteiger partial charge in [-0.3, -0.25) is 0 Å². The SMILES string of the molecule is CNC1CCN(CC2(SC)CCCC2)CC1C. The number of nitrogens with one attached hydrogen (secondary N) is 1. The number of hydrogen-bond donors (Lipinski definition) is 1. The smallest absolute Gasteiger partial charge is 0.0284 e. The lowest BCUT2D eigenvalue weighted by atomic mass is 9.93. The lowest BCUT2D eigenvalue weighted by Gasteiger charge is -2.41. The molecule has 2 rings (SSSR count). The third-order valence-corrected chi connectivity index (χ3v) is 6.22. The summed E-state index contributed by atoms with van der Waals surface area (Å²) in [5.41, 5.74) is 0. The quantitative estimate of drug-likeness (QED) is 0.832. The van der Waals surface area contributed by atoms with Crippen molar-refractivity contribution in [3.05, 3.63) is 0 Å². The fourth-order valence-corrected chi connectivity index (χ4v) is 4.67. The molecule has 100 valence electrons. The van der Waals surface area contributed by atoms with Gasteiger partial charge in [-0.15, -0.1) is 0 Å². The Balaban J connectivity index is 1.87. The standard InChI is InChI=1S/C14H28N2S/c1-12-10-16(9-6-13(12)15-2)11-14(17-3)7-4-5-8-14/h12-13,15H,4-11H2,1-3H3. The van der Waals surface area contributed by atoms with Crippen LogP contribution in [-0.2, 0) is 0 Å². The highest BCUT2D eigenvalue weighted by Gasteiger charge is 2.36. The molecule has 0 spiro atoms. The lowest BCUT2D eigenvalue weighted by molar-refractivity contribution is 0.139. The van der Waals surface area contributed by atoms with Crippen LogP contribution in [-0.4, -0.2) is 48.6 Å². The highest BCUT2D eigenvalue weighted by Crippen LogP contribution is 2.41. The van der Waals surface area contributed by atoms with E-state index in [9.17, 15) is 0 Å². The van der Waals surface area contributed by atoms with Crippen LogP contribution < -0.4 is 5.32 Å². The minimum Gasteiger partial charge on any atom is -0.317 e. The van der Waals surface area contributed by atoms with Gasteiger partial charge in [-0.1, -0.05) is 19.8 Å². The van der Waals surface area contributed by atoms with E-state index in [0.717, 1.165) is 12.0 Å². The average Bonchev–Trinajstić information content (AvgIpc) is 2.79. The third-order valence-electron chi connectivity index (χ3n) is 4.82. The molecule has 0 aromatic heterocycles. The largest absolute Gasteiger partial charge is 0.317 e. The Morgan fingerprint density at radius 3 is 2.59 bits per heavy atom. The summed E-state index contributed by atoms with van der Waals surface area (Å²) < 4.78 is 0.589. The van der Waals surface area contributed by atoms with Crippen LogP contribution >= 0.6 is 11.8 Å². The van der Waals surface area contributed by atoms with E-state index in [1.54, 1.807) is 0 Å². The molecule has 3 heteroatoms. The zero-order valence-corrected chi connectivity index (χ0v) is 12.5. The minimum atomic E-state index is 0.589. The second-order valence-electron chi connectivity index (χ2n) is 5.99. The molecule has 1 heterocycles. The van der Waals surface area contributed by atoms with E-state index in [-0.39, 0.29) is 0 Å². The molecule has 1 N–H and O–H groups in total. The topological polar surface area (TPSA) is 15.3 Å². The van der Waals surface area contributed by atoms with Crippen molar-refractivity contribution in [2.24, 2.45) is 5.92 Å². The zero-order valence-electron chi connectivity index (χ0n) is 11.7. The van der Waals surface area contributed by atoms with Gasteiger partial charge in [0, 0.05) is 23.9 Å². The minimum absolute atomic E-state index is 0.589. The summed E-state index contributed by atoms with van der Waals surface area (Å²) in [7, 11) is 2.11. The summed E-state index contributed by atoms with van der Waals surface area (Å²) in [5.74, 6) is 0.800. The predicted octanol–water partition coefficient (Wildman–Crippen LogP) is 2.59. The Kier molecular flexibility index (Phi) is 4.79. The number of piperidine rings is 1. The Bertz CT molecular complexity index is 238. The van der Waals surface area contributed by atoms with Gasteiger partial charge in [-0.25, -0.2) is 0 Å². The lowest BCUT2D eigenvalue weighted by Crippen LogP contribution is -2.50. The maximum atomic E-state index is 3.46. The summed E-state index contributed by atoms with van der Waals surface area (Å²) in [6.45, 7) is 6.30. The predicted molar refractivity (Wildman–Crippen MR) is 77.8 cm³/mol. The first-order valence-electron chi connectivity index (χ1n) is 7.14. The molecule has 0 amide bonds. The summed E-state index contributed by atoms with van der Waals surface area (Å²) in [5, 5.41) is 3.46. The first kappa shape index (κ1) is 13.7. The molecule has 0 aromatic carbocycles. The van der Waals surface area contributed by atoms with E-state index in [1.165, 1.54) is 51.7 Å². The molecule has 2 unspecified atom stereocenters. The molecule has 1 saturated carbocycles. The van der Waals surface area contributed by atoms with Gasteiger partial charge in [0.15, 0.2) is 0 Å². The molecule has 17 heavy (non-hydrogen) atoms. The van der Waals surface area contributed by atoms with Gasteiger partial charge in [0.05, 0.1) is 0 Å².